The lowest BCUT2D eigenvalue weighted by molar-refractivity contribution is -0.128. The summed E-state index contributed by atoms with van der Waals surface area (Å²) in [5.41, 5.74) is 2.68. The van der Waals surface area contributed by atoms with Crippen LogP contribution < -0.4 is 15.4 Å². The molecular weight excluding hydrogens is 456 g/mol. The SMILES string of the molecule is CSCC[C@H](NC(C)=O)C(=O)NC[C@H]1Cc2cc(-c3ccnc(SC)n3)cc(Cl)c2O1. The molecule has 2 heterocycles. The summed E-state index contributed by atoms with van der Waals surface area (Å²) in [6.45, 7) is 1.74. The molecule has 0 aliphatic carbocycles. The van der Waals surface area contributed by atoms with Crippen molar-refractivity contribution in [2.24, 2.45) is 0 Å². The van der Waals surface area contributed by atoms with Crippen LogP contribution in [0.2, 0.25) is 5.02 Å². The predicted molar refractivity (Wildman–Crippen MR) is 126 cm³/mol. The van der Waals surface area contributed by atoms with Gasteiger partial charge in [0.15, 0.2) is 5.16 Å². The highest BCUT2D eigenvalue weighted by molar-refractivity contribution is 7.98. The summed E-state index contributed by atoms with van der Waals surface area (Å²) in [7, 11) is 0. The van der Waals surface area contributed by atoms with E-state index < -0.39 is 6.04 Å². The molecule has 0 saturated carbocycles. The second kappa shape index (κ2) is 11.1. The van der Waals surface area contributed by atoms with Gasteiger partial charge in [0.05, 0.1) is 17.3 Å². The maximum Gasteiger partial charge on any atom is 0.242 e. The Kier molecular flexibility index (Phi) is 8.45. The Morgan fingerprint density at radius 1 is 1.35 bits per heavy atom. The number of rotatable bonds is 9. The van der Waals surface area contributed by atoms with E-state index >= 15 is 0 Å². The second-order valence-electron chi connectivity index (χ2n) is 7.10. The van der Waals surface area contributed by atoms with Gasteiger partial charge >= 0.3 is 0 Å². The summed E-state index contributed by atoms with van der Waals surface area (Å²) in [5.74, 6) is 0.994. The molecule has 2 atom stereocenters. The molecule has 7 nitrogen and oxygen atoms in total. The third kappa shape index (κ3) is 6.27. The van der Waals surface area contributed by atoms with Crippen LogP contribution in [-0.2, 0) is 16.0 Å². The van der Waals surface area contributed by atoms with Gasteiger partial charge in [-0.1, -0.05) is 23.4 Å². The van der Waals surface area contributed by atoms with Crippen molar-refractivity contribution >= 4 is 46.9 Å². The van der Waals surface area contributed by atoms with Crippen LogP contribution in [-0.4, -0.2) is 58.7 Å². The van der Waals surface area contributed by atoms with Crippen molar-refractivity contribution in [3.63, 3.8) is 0 Å². The zero-order valence-electron chi connectivity index (χ0n) is 17.6. The lowest BCUT2D eigenvalue weighted by Crippen LogP contribution is -2.48. The zero-order valence-corrected chi connectivity index (χ0v) is 20.0. The van der Waals surface area contributed by atoms with Gasteiger partial charge in [-0.25, -0.2) is 9.97 Å². The van der Waals surface area contributed by atoms with Crippen LogP contribution in [0.5, 0.6) is 5.75 Å². The van der Waals surface area contributed by atoms with Crippen molar-refractivity contribution in [2.75, 3.05) is 24.8 Å². The maximum atomic E-state index is 12.5. The molecule has 0 spiro atoms. The summed E-state index contributed by atoms with van der Waals surface area (Å²) in [6, 6.07) is 5.16. The Labute approximate surface area is 195 Å². The Morgan fingerprint density at radius 2 is 2.16 bits per heavy atom. The Bertz CT molecular complexity index is 960. The molecule has 166 valence electrons. The first-order valence-corrected chi connectivity index (χ1v) is 12.8. The number of carbonyl (C=O) groups is 2. The standard InChI is InChI=1S/C21H25ClN4O3S2/c1-12(27)25-18(5-7-30-2)20(28)24-11-15-9-14-8-13(10-16(22)19(14)29-15)17-4-6-23-21(26-17)31-3/h4,6,8,10,15,18H,5,7,9,11H2,1-3H3,(H,24,28)(H,25,27)/t15-,18+/m1/s1. The molecule has 1 aliphatic heterocycles. The summed E-state index contributed by atoms with van der Waals surface area (Å²) in [5, 5.41) is 6.82. The number of hydrogen-bond donors (Lipinski definition) is 2. The van der Waals surface area contributed by atoms with E-state index in [1.54, 1.807) is 18.0 Å². The number of hydrogen-bond acceptors (Lipinski definition) is 7. The van der Waals surface area contributed by atoms with Crippen molar-refractivity contribution in [2.45, 2.75) is 37.1 Å². The minimum Gasteiger partial charge on any atom is -0.486 e. The first-order chi connectivity index (χ1) is 14.9. The number of fused-ring (bicyclic) bond motifs is 1. The van der Waals surface area contributed by atoms with Crippen molar-refractivity contribution in [1.82, 2.24) is 20.6 Å². The van der Waals surface area contributed by atoms with Crippen LogP contribution in [0.3, 0.4) is 0 Å². The summed E-state index contributed by atoms with van der Waals surface area (Å²) < 4.78 is 5.99. The van der Waals surface area contributed by atoms with E-state index in [4.69, 9.17) is 16.3 Å². The van der Waals surface area contributed by atoms with Crippen LogP contribution in [0.15, 0.2) is 29.6 Å². The normalized spacial score (nSPS) is 15.7. The van der Waals surface area contributed by atoms with E-state index in [0.717, 1.165) is 22.6 Å². The van der Waals surface area contributed by atoms with Gasteiger partial charge in [-0.15, -0.1) is 0 Å². The first kappa shape index (κ1) is 23.7. The monoisotopic (exact) mass is 480 g/mol. The number of nitrogens with zero attached hydrogens (tertiary/aromatic N) is 2. The van der Waals surface area contributed by atoms with E-state index in [1.165, 1.54) is 18.7 Å². The largest absolute Gasteiger partial charge is 0.486 e. The molecule has 10 heteroatoms. The van der Waals surface area contributed by atoms with Gasteiger partial charge in [0.2, 0.25) is 11.8 Å². The summed E-state index contributed by atoms with van der Waals surface area (Å²) >= 11 is 9.59. The lowest BCUT2D eigenvalue weighted by Gasteiger charge is -2.19. The highest BCUT2D eigenvalue weighted by Gasteiger charge is 2.28. The second-order valence-corrected chi connectivity index (χ2v) is 9.26. The number of nitrogens with one attached hydrogen (secondary N) is 2. The van der Waals surface area contributed by atoms with Crippen molar-refractivity contribution in [3.8, 4) is 17.0 Å². The average Bonchev–Trinajstić information content (AvgIpc) is 3.18. The molecule has 2 aromatic rings. The van der Waals surface area contributed by atoms with E-state index in [1.807, 2.05) is 30.7 Å². The minimum atomic E-state index is -0.549. The maximum absolute atomic E-state index is 12.5. The Balaban J connectivity index is 1.65. The molecule has 1 aromatic carbocycles. The molecule has 0 unspecified atom stereocenters. The van der Waals surface area contributed by atoms with Gasteiger partial charge in [-0.3, -0.25) is 9.59 Å². The number of amides is 2. The number of ether oxygens (including phenoxy) is 1. The molecular formula is C21H25ClN4O3S2. The number of benzene rings is 1. The highest BCUT2D eigenvalue weighted by atomic mass is 35.5. The lowest BCUT2D eigenvalue weighted by atomic mass is 10.0. The fraction of sp³-hybridized carbons (Fsp3) is 0.429. The molecule has 0 fully saturated rings. The molecule has 0 bridgehead atoms. The van der Waals surface area contributed by atoms with Crippen LogP contribution in [0.25, 0.3) is 11.3 Å². The van der Waals surface area contributed by atoms with Gasteiger partial charge < -0.3 is 15.4 Å². The van der Waals surface area contributed by atoms with Gasteiger partial charge in [-0.2, -0.15) is 11.8 Å². The molecule has 2 N–H and O–H groups in total. The average molecular weight is 481 g/mol. The number of aromatic nitrogens is 2. The molecule has 1 aromatic heterocycles. The number of halogens is 1. The fourth-order valence-electron chi connectivity index (χ4n) is 3.34. The smallest absolute Gasteiger partial charge is 0.242 e. The van der Waals surface area contributed by atoms with Crippen LogP contribution in [0.4, 0.5) is 0 Å². The summed E-state index contributed by atoms with van der Waals surface area (Å²) in [4.78, 5) is 32.7. The van der Waals surface area contributed by atoms with Gasteiger partial charge in [-0.05, 0) is 42.9 Å². The molecule has 1 aliphatic rings. The topological polar surface area (TPSA) is 93.2 Å². The third-order valence-electron chi connectivity index (χ3n) is 4.77. The summed E-state index contributed by atoms with van der Waals surface area (Å²) in [6.07, 6.45) is 6.60. The highest BCUT2D eigenvalue weighted by Crippen LogP contribution is 2.39. The van der Waals surface area contributed by atoms with Gasteiger partial charge in [0, 0.05) is 30.7 Å². The van der Waals surface area contributed by atoms with Crippen molar-refractivity contribution in [1.29, 1.82) is 0 Å². The van der Waals surface area contributed by atoms with E-state index in [-0.39, 0.29) is 17.9 Å². The van der Waals surface area contributed by atoms with Crippen molar-refractivity contribution < 1.29 is 14.3 Å². The van der Waals surface area contributed by atoms with Crippen LogP contribution in [0, 0.1) is 0 Å². The number of thioether (sulfide) groups is 2. The quantitative estimate of drug-likeness (QED) is 0.420. The van der Waals surface area contributed by atoms with Crippen LogP contribution >= 0.6 is 35.1 Å². The Morgan fingerprint density at radius 3 is 2.87 bits per heavy atom. The van der Waals surface area contributed by atoms with E-state index in [9.17, 15) is 9.59 Å². The predicted octanol–water partition coefficient (Wildman–Crippen LogP) is 3.20. The molecule has 3 rings (SSSR count). The zero-order chi connectivity index (χ0) is 22.4. The van der Waals surface area contributed by atoms with E-state index in [0.29, 0.717) is 35.3 Å². The number of carbonyl (C=O) groups excluding carboxylic acids is 2. The van der Waals surface area contributed by atoms with E-state index in [2.05, 4.69) is 20.6 Å². The molecule has 2 amide bonds. The molecule has 0 saturated heterocycles. The van der Waals surface area contributed by atoms with Crippen LogP contribution in [0.1, 0.15) is 18.9 Å². The third-order valence-corrected chi connectivity index (χ3v) is 6.26. The first-order valence-electron chi connectivity index (χ1n) is 9.81. The minimum absolute atomic E-state index is 0.207. The fourth-order valence-corrected chi connectivity index (χ4v) is 4.45. The van der Waals surface area contributed by atoms with Gasteiger partial charge in [0.25, 0.3) is 0 Å². The molecule has 31 heavy (non-hydrogen) atoms. The van der Waals surface area contributed by atoms with Gasteiger partial charge in [0.1, 0.15) is 17.9 Å². The van der Waals surface area contributed by atoms with Crippen molar-refractivity contribution in [3.05, 3.63) is 35.0 Å². The molecule has 0 radical (unpaired) electrons. The Hall–Kier alpha value is -1.97.